The van der Waals surface area contributed by atoms with E-state index in [0.717, 1.165) is 25.7 Å². The van der Waals surface area contributed by atoms with E-state index in [2.05, 4.69) is 59.3 Å². The lowest BCUT2D eigenvalue weighted by molar-refractivity contribution is 0.0720. The van der Waals surface area contributed by atoms with Gasteiger partial charge in [0.1, 0.15) is 17.0 Å². The second kappa shape index (κ2) is 11.9. The number of hydrogen-bond acceptors (Lipinski definition) is 9. The number of halogens is 1. The van der Waals surface area contributed by atoms with E-state index in [-0.39, 0.29) is 17.2 Å². The highest BCUT2D eigenvalue weighted by molar-refractivity contribution is 7.17. The first-order chi connectivity index (χ1) is 18.4. The molecule has 0 radical (unpaired) electrons. The molecule has 3 aromatic rings. The monoisotopic (exact) mass is 589 g/mol. The van der Waals surface area contributed by atoms with E-state index in [1.807, 2.05) is 6.92 Å². The van der Waals surface area contributed by atoms with Crippen LogP contribution in [0.1, 0.15) is 62.5 Å². The van der Waals surface area contributed by atoms with Gasteiger partial charge in [-0.3, -0.25) is 15.1 Å². The SMILES string of the molecule is COc1c(C)ncc(C(=O)Nc2nnc(OC3CCC(O[Si](C)(C)C(C)(C)C)CC3)s2)c1-c1ccnc(Cl)c1. The van der Waals surface area contributed by atoms with Gasteiger partial charge in [0.25, 0.3) is 11.1 Å². The smallest absolute Gasteiger partial charge is 0.296 e. The quantitative estimate of drug-likeness (QED) is 0.222. The minimum Gasteiger partial charge on any atom is -0.494 e. The van der Waals surface area contributed by atoms with E-state index < -0.39 is 14.2 Å². The first-order valence-corrected chi connectivity index (χ1v) is 17.1. The van der Waals surface area contributed by atoms with Crippen LogP contribution in [0.3, 0.4) is 0 Å². The predicted molar refractivity (Wildman–Crippen MR) is 157 cm³/mol. The molecule has 210 valence electrons. The summed E-state index contributed by atoms with van der Waals surface area (Å²) in [6, 6.07) is 3.45. The zero-order chi connectivity index (χ0) is 28.4. The van der Waals surface area contributed by atoms with Crippen LogP contribution in [0.5, 0.6) is 10.9 Å². The summed E-state index contributed by atoms with van der Waals surface area (Å²) in [6.45, 7) is 13.2. The summed E-state index contributed by atoms with van der Waals surface area (Å²) in [5, 5.41) is 12.4. The minimum absolute atomic E-state index is 0.0503. The number of ether oxygens (including phenoxy) is 2. The standard InChI is InChI=1S/C27H36ClN5O4SSi/c1-16-23(35-5)22(17-12-13-29-21(28)14-17)20(15-30-16)24(34)31-25-32-33-26(38-25)36-18-8-10-19(11-9-18)37-39(6,7)27(2,3)4/h12-15,18-19H,8-11H2,1-7H3,(H,31,32,34). The van der Waals surface area contributed by atoms with E-state index in [1.165, 1.54) is 17.5 Å². The van der Waals surface area contributed by atoms with Crippen LogP contribution in [0.25, 0.3) is 11.1 Å². The van der Waals surface area contributed by atoms with Crippen molar-refractivity contribution in [2.24, 2.45) is 0 Å². The Morgan fingerprint density at radius 2 is 1.82 bits per heavy atom. The van der Waals surface area contributed by atoms with Gasteiger partial charge in [0.2, 0.25) is 5.13 Å². The zero-order valence-electron chi connectivity index (χ0n) is 23.5. The number of pyridine rings is 2. The molecule has 0 aliphatic heterocycles. The topological polar surface area (TPSA) is 108 Å². The number of carbonyl (C=O) groups is 1. The van der Waals surface area contributed by atoms with Crippen LogP contribution in [0.2, 0.25) is 23.3 Å². The van der Waals surface area contributed by atoms with Gasteiger partial charge in [-0.1, -0.05) is 37.5 Å². The second-order valence-corrected chi connectivity index (χ2v) is 17.3. The molecule has 3 heterocycles. The highest BCUT2D eigenvalue weighted by Crippen LogP contribution is 2.40. The largest absolute Gasteiger partial charge is 0.494 e. The molecule has 3 aromatic heterocycles. The van der Waals surface area contributed by atoms with E-state index in [0.29, 0.717) is 43.6 Å². The fraction of sp³-hybridized carbons (Fsp3) is 0.519. The Balaban J connectivity index is 1.41. The van der Waals surface area contributed by atoms with Crippen molar-refractivity contribution >= 4 is 42.3 Å². The van der Waals surface area contributed by atoms with Crippen molar-refractivity contribution in [3.8, 4) is 22.1 Å². The van der Waals surface area contributed by atoms with E-state index in [4.69, 9.17) is 25.5 Å². The van der Waals surface area contributed by atoms with Crippen LogP contribution in [-0.2, 0) is 4.43 Å². The zero-order valence-corrected chi connectivity index (χ0v) is 26.1. The van der Waals surface area contributed by atoms with Crippen molar-refractivity contribution < 1.29 is 18.7 Å². The normalized spacial score (nSPS) is 18.1. The molecule has 0 spiro atoms. The summed E-state index contributed by atoms with van der Waals surface area (Å²) in [7, 11) is -0.249. The molecule has 9 nitrogen and oxygen atoms in total. The predicted octanol–water partition coefficient (Wildman–Crippen LogP) is 6.93. The Bertz CT molecular complexity index is 1320. The van der Waals surface area contributed by atoms with Crippen molar-refractivity contribution in [2.45, 2.75) is 83.7 Å². The van der Waals surface area contributed by atoms with Gasteiger partial charge < -0.3 is 13.9 Å². The third kappa shape index (κ3) is 6.94. The summed E-state index contributed by atoms with van der Waals surface area (Å²) in [5.41, 5.74) is 2.23. The Hall–Kier alpha value is -2.60. The van der Waals surface area contributed by atoms with Gasteiger partial charge in [0.05, 0.1) is 18.4 Å². The number of carbonyl (C=O) groups excluding carboxylic acids is 1. The van der Waals surface area contributed by atoms with Crippen molar-refractivity contribution in [3.63, 3.8) is 0 Å². The third-order valence-electron chi connectivity index (χ3n) is 7.46. The van der Waals surface area contributed by atoms with Gasteiger partial charge in [0, 0.05) is 24.1 Å². The first-order valence-electron chi connectivity index (χ1n) is 13.0. The van der Waals surface area contributed by atoms with Gasteiger partial charge in [-0.05, 0) is 79.8 Å². The minimum atomic E-state index is -1.79. The molecule has 1 amide bonds. The van der Waals surface area contributed by atoms with Crippen molar-refractivity contribution in [1.82, 2.24) is 20.2 Å². The maximum absolute atomic E-state index is 13.3. The van der Waals surface area contributed by atoms with Crippen molar-refractivity contribution in [1.29, 1.82) is 0 Å². The molecule has 1 fully saturated rings. The summed E-state index contributed by atoms with van der Waals surface area (Å²) in [6.07, 6.45) is 7.14. The second-order valence-electron chi connectivity index (χ2n) is 11.3. The molecule has 0 bridgehead atoms. The highest BCUT2D eigenvalue weighted by atomic mass is 35.5. The van der Waals surface area contributed by atoms with Crippen LogP contribution in [-0.4, -0.2) is 53.7 Å². The maximum atomic E-state index is 13.3. The van der Waals surface area contributed by atoms with Gasteiger partial charge >= 0.3 is 0 Å². The van der Waals surface area contributed by atoms with E-state index in [9.17, 15) is 4.79 Å². The van der Waals surface area contributed by atoms with Crippen LogP contribution >= 0.6 is 22.9 Å². The van der Waals surface area contributed by atoms with E-state index >= 15 is 0 Å². The van der Waals surface area contributed by atoms with Crippen LogP contribution < -0.4 is 14.8 Å². The number of methoxy groups -OCH3 is 1. The maximum Gasteiger partial charge on any atom is 0.296 e. The van der Waals surface area contributed by atoms with Crippen LogP contribution in [0.15, 0.2) is 24.5 Å². The number of aryl methyl sites for hydroxylation is 1. The average molecular weight is 590 g/mol. The molecular formula is C27H36ClN5O4SSi. The molecule has 0 unspecified atom stereocenters. The summed E-state index contributed by atoms with van der Waals surface area (Å²) in [4.78, 5) is 21.7. The first kappa shape index (κ1) is 29.4. The van der Waals surface area contributed by atoms with Gasteiger partial charge in [-0.25, -0.2) is 4.98 Å². The molecule has 0 saturated heterocycles. The molecule has 0 atom stereocenters. The number of nitrogens with zero attached hydrogens (tertiary/aromatic N) is 4. The number of hydrogen-bond donors (Lipinski definition) is 1. The third-order valence-corrected chi connectivity index (χ3v) is 12.9. The molecular weight excluding hydrogens is 554 g/mol. The lowest BCUT2D eigenvalue weighted by Crippen LogP contribution is -2.45. The van der Waals surface area contributed by atoms with Crippen molar-refractivity contribution in [2.75, 3.05) is 12.4 Å². The fourth-order valence-corrected chi connectivity index (χ4v) is 6.58. The number of rotatable bonds is 8. The highest BCUT2D eigenvalue weighted by Gasteiger charge is 2.40. The lowest BCUT2D eigenvalue weighted by Gasteiger charge is -2.41. The molecule has 1 aliphatic carbocycles. The Morgan fingerprint density at radius 3 is 2.46 bits per heavy atom. The van der Waals surface area contributed by atoms with Crippen LogP contribution in [0, 0.1) is 6.92 Å². The number of aromatic nitrogens is 4. The molecule has 1 N–H and O–H groups in total. The van der Waals surface area contributed by atoms with Crippen LogP contribution in [0.4, 0.5) is 5.13 Å². The molecule has 12 heteroatoms. The Morgan fingerprint density at radius 1 is 1.13 bits per heavy atom. The summed E-state index contributed by atoms with van der Waals surface area (Å²) in [5.74, 6) is 0.0917. The Kier molecular flexibility index (Phi) is 8.94. The summed E-state index contributed by atoms with van der Waals surface area (Å²) >= 11 is 7.32. The number of anilines is 1. The molecule has 4 rings (SSSR count). The molecule has 0 aromatic carbocycles. The number of nitrogens with one attached hydrogen (secondary N) is 1. The van der Waals surface area contributed by atoms with E-state index in [1.54, 1.807) is 25.4 Å². The Labute approximate surface area is 239 Å². The summed E-state index contributed by atoms with van der Waals surface area (Å²) < 4.78 is 18.3. The fourth-order valence-electron chi connectivity index (χ4n) is 4.33. The molecule has 1 aliphatic rings. The van der Waals surface area contributed by atoms with Gasteiger partial charge in [-0.2, -0.15) is 0 Å². The van der Waals surface area contributed by atoms with Gasteiger partial charge in [-0.15, -0.1) is 5.10 Å². The van der Waals surface area contributed by atoms with Crippen molar-refractivity contribution in [3.05, 3.63) is 40.9 Å². The number of amides is 1. The average Bonchev–Trinajstić information content (AvgIpc) is 3.30. The molecule has 39 heavy (non-hydrogen) atoms. The lowest BCUT2D eigenvalue weighted by atomic mass is 9.95. The molecule has 1 saturated carbocycles. The van der Waals surface area contributed by atoms with Gasteiger partial charge in [0.15, 0.2) is 8.32 Å².